The van der Waals surface area contributed by atoms with E-state index in [1.807, 2.05) is 48.5 Å². The third kappa shape index (κ3) is 3.78. The van der Waals surface area contributed by atoms with E-state index in [2.05, 4.69) is 28.8 Å². The van der Waals surface area contributed by atoms with Gasteiger partial charge in [0.1, 0.15) is 5.76 Å². The molecule has 5 heteroatoms. The number of hydrogen-bond acceptors (Lipinski definition) is 4. The van der Waals surface area contributed by atoms with Gasteiger partial charge in [-0.1, -0.05) is 60.3 Å². The minimum atomic E-state index is -0.207. The van der Waals surface area contributed by atoms with Gasteiger partial charge in [0, 0.05) is 23.3 Å². The van der Waals surface area contributed by atoms with Crippen molar-refractivity contribution in [3.63, 3.8) is 0 Å². The first-order valence-electron chi connectivity index (χ1n) is 8.69. The molecule has 2 aliphatic heterocycles. The average Bonchev–Trinajstić information content (AvgIpc) is 3.33. The minimum absolute atomic E-state index is 0.0859. The van der Waals surface area contributed by atoms with Crippen LogP contribution in [-0.4, -0.2) is 18.0 Å². The van der Waals surface area contributed by atoms with Gasteiger partial charge in [-0.05, 0) is 23.8 Å². The van der Waals surface area contributed by atoms with Crippen LogP contribution in [0.15, 0.2) is 83.1 Å². The van der Waals surface area contributed by atoms with Crippen molar-refractivity contribution in [1.29, 1.82) is 0 Å². The number of allylic oxidation sites excluding steroid dienone is 1. The molecule has 2 aromatic rings. The largest absolute Gasteiger partial charge is 0.491 e. The van der Waals surface area contributed by atoms with Gasteiger partial charge >= 0.3 is 0 Å². The fourth-order valence-corrected chi connectivity index (χ4v) is 4.17. The second kappa shape index (κ2) is 7.70. The SMILES string of the molecule is O=C(NC1NC(C2=CCCO2)=C(Cc2ccccc2)S1)c1ccccc1. The van der Waals surface area contributed by atoms with Gasteiger partial charge in [-0.15, -0.1) is 0 Å². The highest BCUT2D eigenvalue weighted by Crippen LogP contribution is 2.36. The van der Waals surface area contributed by atoms with Crippen LogP contribution in [0.1, 0.15) is 22.3 Å². The molecule has 4 rings (SSSR count). The molecular formula is C21H20N2O2S. The van der Waals surface area contributed by atoms with Crippen molar-refractivity contribution in [1.82, 2.24) is 10.6 Å². The van der Waals surface area contributed by atoms with E-state index in [4.69, 9.17) is 4.74 Å². The van der Waals surface area contributed by atoms with Crippen molar-refractivity contribution in [2.45, 2.75) is 18.3 Å². The molecule has 2 heterocycles. The molecule has 0 bridgehead atoms. The summed E-state index contributed by atoms with van der Waals surface area (Å²) in [4.78, 5) is 13.6. The molecule has 0 saturated carbocycles. The van der Waals surface area contributed by atoms with Gasteiger partial charge in [-0.2, -0.15) is 0 Å². The topological polar surface area (TPSA) is 50.4 Å². The molecular weight excluding hydrogens is 344 g/mol. The number of hydrogen-bond donors (Lipinski definition) is 2. The molecule has 26 heavy (non-hydrogen) atoms. The Hall–Kier alpha value is -2.66. The fraction of sp³-hybridized carbons (Fsp3) is 0.190. The predicted octanol–water partition coefficient (Wildman–Crippen LogP) is 3.79. The molecule has 0 radical (unpaired) electrons. The second-order valence-corrected chi connectivity index (χ2v) is 7.35. The Morgan fingerprint density at radius 1 is 1.12 bits per heavy atom. The maximum atomic E-state index is 12.5. The van der Waals surface area contributed by atoms with Crippen LogP contribution in [0, 0.1) is 0 Å². The van der Waals surface area contributed by atoms with Gasteiger partial charge in [0.05, 0.1) is 12.3 Å². The van der Waals surface area contributed by atoms with E-state index in [1.54, 1.807) is 11.8 Å². The summed E-state index contributed by atoms with van der Waals surface area (Å²) in [5, 5.41) is 6.47. The minimum Gasteiger partial charge on any atom is -0.491 e. The summed E-state index contributed by atoms with van der Waals surface area (Å²) in [7, 11) is 0. The molecule has 2 aromatic carbocycles. The van der Waals surface area contributed by atoms with Crippen LogP contribution in [0.5, 0.6) is 0 Å². The Kier molecular flexibility index (Phi) is 4.97. The molecule has 0 aromatic heterocycles. The molecule has 1 amide bonds. The van der Waals surface area contributed by atoms with E-state index in [-0.39, 0.29) is 11.4 Å². The highest BCUT2D eigenvalue weighted by atomic mass is 32.2. The van der Waals surface area contributed by atoms with Gasteiger partial charge in [0.2, 0.25) is 0 Å². The molecule has 4 nitrogen and oxygen atoms in total. The van der Waals surface area contributed by atoms with E-state index in [0.29, 0.717) is 12.2 Å². The van der Waals surface area contributed by atoms with Gasteiger partial charge in [0.15, 0.2) is 5.50 Å². The summed E-state index contributed by atoms with van der Waals surface area (Å²) < 4.78 is 5.76. The monoisotopic (exact) mass is 364 g/mol. The molecule has 0 saturated heterocycles. The lowest BCUT2D eigenvalue weighted by Gasteiger charge is -2.15. The van der Waals surface area contributed by atoms with Crippen molar-refractivity contribution < 1.29 is 9.53 Å². The van der Waals surface area contributed by atoms with Crippen LogP contribution in [0.4, 0.5) is 0 Å². The Labute approximate surface area is 157 Å². The lowest BCUT2D eigenvalue weighted by atomic mass is 10.1. The standard InChI is InChI=1S/C21H20N2O2S/c24-20(16-10-5-2-6-11-16)23-21-22-19(17-12-7-13-25-17)18(26-21)14-15-8-3-1-4-9-15/h1-6,8-12,21-22H,7,13-14H2,(H,23,24). The number of nitrogens with one attached hydrogen (secondary N) is 2. The number of ether oxygens (including phenoxy) is 1. The highest BCUT2D eigenvalue weighted by Gasteiger charge is 2.29. The van der Waals surface area contributed by atoms with Crippen molar-refractivity contribution in [3.05, 3.63) is 94.2 Å². The lowest BCUT2D eigenvalue weighted by Crippen LogP contribution is -2.40. The van der Waals surface area contributed by atoms with Crippen LogP contribution in [0.25, 0.3) is 0 Å². The zero-order valence-electron chi connectivity index (χ0n) is 14.3. The van der Waals surface area contributed by atoms with E-state index in [0.717, 1.165) is 24.3 Å². The van der Waals surface area contributed by atoms with Crippen molar-refractivity contribution in [2.75, 3.05) is 6.61 Å². The number of thioether (sulfide) groups is 1. The third-order valence-electron chi connectivity index (χ3n) is 4.27. The fourth-order valence-electron chi connectivity index (χ4n) is 3.01. The van der Waals surface area contributed by atoms with Crippen molar-refractivity contribution >= 4 is 17.7 Å². The summed E-state index contributed by atoms with van der Waals surface area (Å²) in [5.74, 6) is 0.803. The Bertz CT molecular complexity index is 847. The second-order valence-electron chi connectivity index (χ2n) is 6.15. The maximum absolute atomic E-state index is 12.5. The number of rotatable bonds is 5. The molecule has 0 spiro atoms. The zero-order valence-corrected chi connectivity index (χ0v) is 15.1. The van der Waals surface area contributed by atoms with Gasteiger partial charge < -0.3 is 15.4 Å². The average molecular weight is 364 g/mol. The Morgan fingerprint density at radius 3 is 2.54 bits per heavy atom. The molecule has 1 atom stereocenters. The summed E-state index contributed by atoms with van der Waals surface area (Å²) in [5.41, 5.74) is 2.68. The zero-order chi connectivity index (χ0) is 17.8. The van der Waals surface area contributed by atoms with E-state index in [9.17, 15) is 4.79 Å². The smallest absolute Gasteiger partial charge is 0.253 e. The summed E-state index contributed by atoms with van der Waals surface area (Å²) >= 11 is 1.64. The van der Waals surface area contributed by atoms with Crippen LogP contribution in [0.3, 0.4) is 0 Å². The summed E-state index contributed by atoms with van der Waals surface area (Å²) in [6.45, 7) is 0.713. The number of carbonyl (C=O) groups is 1. The molecule has 2 aliphatic rings. The molecule has 0 fully saturated rings. The maximum Gasteiger partial charge on any atom is 0.253 e. The Balaban J connectivity index is 1.50. The number of carbonyl (C=O) groups excluding carboxylic acids is 1. The first-order valence-corrected chi connectivity index (χ1v) is 9.57. The molecule has 1 unspecified atom stereocenters. The van der Waals surface area contributed by atoms with Gasteiger partial charge in [-0.3, -0.25) is 4.79 Å². The lowest BCUT2D eigenvalue weighted by molar-refractivity contribution is 0.0947. The summed E-state index contributed by atoms with van der Waals surface area (Å²) in [6.07, 6.45) is 3.84. The Morgan fingerprint density at radius 2 is 1.85 bits per heavy atom. The highest BCUT2D eigenvalue weighted by molar-refractivity contribution is 8.03. The molecule has 132 valence electrons. The van der Waals surface area contributed by atoms with Crippen molar-refractivity contribution in [2.24, 2.45) is 0 Å². The first kappa shape index (κ1) is 16.8. The number of benzene rings is 2. The van der Waals surface area contributed by atoms with Crippen molar-refractivity contribution in [3.8, 4) is 0 Å². The van der Waals surface area contributed by atoms with E-state index >= 15 is 0 Å². The first-order chi connectivity index (χ1) is 12.8. The molecule has 0 aliphatic carbocycles. The van der Waals surface area contributed by atoms with Crippen LogP contribution in [0.2, 0.25) is 0 Å². The van der Waals surface area contributed by atoms with Gasteiger partial charge in [-0.25, -0.2) is 0 Å². The number of amides is 1. The third-order valence-corrected chi connectivity index (χ3v) is 5.38. The van der Waals surface area contributed by atoms with E-state index in [1.165, 1.54) is 10.5 Å². The van der Waals surface area contributed by atoms with Crippen LogP contribution in [-0.2, 0) is 11.2 Å². The van der Waals surface area contributed by atoms with Crippen LogP contribution >= 0.6 is 11.8 Å². The summed E-state index contributed by atoms with van der Waals surface area (Å²) in [6, 6.07) is 19.6. The predicted molar refractivity (Wildman–Crippen MR) is 104 cm³/mol. The quantitative estimate of drug-likeness (QED) is 0.847. The van der Waals surface area contributed by atoms with Gasteiger partial charge in [0.25, 0.3) is 5.91 Å². The normalized spacial score (nSPS) is 18.9. The molecule has 2 N–H and O–H groups in total. The van der Waals surface area contributed by atoms with E-state index < -0.39 is 0 Å². The van der Waals surface area contributed by atoms with Crippen LogP contribution < -0.4 is 10.6 Å².